The Labute approximate surface area is 190 Å². The van der Waals surface area contributed by atoms with E-state index in [1.165, 1.54) is 0 Å². The lowest BCUT2D eigenvalue weighted by atomic mass is 10.1. The molecule has 4 heterocycles. The maximum Gasteiger partial charge on any atom is 0.248 e. The van der Waals surface area contributed by atoms with E-state index in [9.17, 15) is 4.79 Å². The van der Waals surface area contributed by atoms with Gasteiger partial charge >= 0.3 is 0 Å². The molecule has 3 aromatic heterocycles. The summed E-state index contributed by atoms with van der Waals surface area (Å²) < 4.78 is 5.91. The number of pyridine rings is 2. The normalized spacial score (nSPS) is 14.5. The topological polar surface area (TPSA) is 107 Å². The standard InChI is InChI=1S/C24H24N6O3/c31-16-24(32)30-9-7-29(8-10-30)15-17-11-18-1-3-20(12-22(18)25-13-17)33-23-4-2-19(14-26-23)21-5-6-27-28-21/h1-6,11-14,31H,7-10,15-16H2,(H,27,28). The zero-order chi connectivity index (χ0) is 22.6. The number of rotatable bonds is 6. The van der Waals surface area contributed by atoms with Gasteiger partial charge < -0.3 is 14.7 Å². The van der Waals surface area contributed by atoms with Crippen molar-refractivity contribution in [1.82, 2.24) is 30.0 Å². The molecule has 1 aliphatic rings. The number of benzene rings is 1. The molecule has 1 fully saturated rings. The van der Waals surface area contributed by atoms with Gasteiger partial charge in [-0.05, 0) is 35.9 Å². The van der Waals surface area contributed by atoms with Crippen molar-refractivity contribution >= 4 is 16.8 Å². The first-order chi connectivity index (χ1) is 16.2. The second-order valence-electron chi connectivity index (χ2n) is 7.97. The van der Waals surface area contributed by atoms with Crippen LogP contribution in [0.5, 0.6) is 11.6 Å². The maximum atomic E-state index is 11.6. The molecule has 0 unspecified atom stereocenters. The number of carbonyl (C=O) groups is 1. The van der Waals surface area contributed by atoms with Crippen molar-refractivity contribution in [2.24, 2.45) is 0 Å². The van der Waals surface area contributed by atoms with Crippen LogP contribution in [0.4, 0.5) is 0 Å². The predicted octanol–water partition coefficient (Wildman–Crippen LogP) is 2.45. The number of carbonyl (C=O) groups excluding carboxylic acids is 1. The summed E-state index contributed by atoms with van der Waals surface area (Å²) in [5.74, 6) is 0.978. The van der Waals surface area contributed by atoms with Gasteiger partial charge in [-0.15, -0.1) is 0 Å². The van der Waals surface area contributed by atoms with Gasteiger partial charge in [0.15, 0.2) is 0 Å². The van der Waals surface area contributed by atoms with Crippen molar-refractivity contribution in [3.63, 3.8) is 0 Å². The summed E-state index contributed by atoms with van der Waals surface area (Å²) >= 11 is 0. The molecular weight excluding hydrogens is 420 g/mol. The van der Waals surface area contributed by atoms with Crippen molar-refractivity contribution in [2.75, 3.05) is 32.8 Å². The number of hydrogen-bond donors (Lipinski definition) is 2. The van der Waals surface area contributed by atoms with E-state index in [0.29, 0.717) is 24.7 Å². The first kappa shape index (κ1) is 21.0. The number of aliphatic hydroxyl groups excluding tert-OH is 1. The molecule has 0 aliphatic carbocycles. The van der Waals surface area contributed by atoms with Crippen LogP contribution in [0.15, 0.2) is 61.1 Å². The minimum atomic E-state index is -0.424. The van der Waals surface area contributed by atoms with Crippen molar-refractivity contribution in [3.05, 3.63) is 66.6 Å². The van der Waals surface area contributed by atoms with Gasteiger partial charge in [0.25, 0.3) is 0 Å². The monoisotopic (exact) mass is 444 g/mol. The maximum absolute atomic E-state index is 11.6. The quantitative estimate of drug-likeness (QED) is 0.470. The van der Waals surface area contributed by atoms with Crippen LogP contribution in [0, 0.1) is 0 Å². The SMILES string of the molecule is O=C(CO)N1CCN(Cc2cnc3cc(Oc4ccc(-c5ccn[nH]5)cn4)ccc3c2)CC1. The number of nitrogens with zero attached hydrogens (tertiary/aromatic N) is 5. The molecule has 5 rings (SSSR count). The first-order valence-corrected chi connectivity index (χ1v) is 10.8. The molecule has 168 valence electrons. The summed E-state index contributed by atoms with van der Waals surface area (Å²) in [5.41, 5.74) is 3.81. The zero-order valence-corrected chi connectivity index (χ0v) is 18.0. The molecule has 0 bridgehead atoms. The van der Waals surface area contributed by atoms with Gasteiger partial charge in [-0.25, -0.2) is 4.98 Å². The molecule has 0 spiro atoms. The Morgan fingerprint density at radius 3 is 2.64 bits per heavy atom. The summed E-state index contributed by atoms with van der Waals surface area (Å²) in [4.78, 5) is 24.6. The van der Waals surface area contributed by atoms with E-state index in [-0.39, 0.29) is 5.91 Å². The minimum Gasteiger partial charge on any atom is -0.439 e. The Morgan fingerprint density at radius 2 is 1.91 bits per heavy atom. The number of aromatic amines is 1. The van der Waals surface area contributed by atoms with Crippen LogP contribution < -0.4 is 4.74 Å². The van der Waals surface area contributed by atoms with Gasteiger partial charge in [-0.2, -0.15) is 5.10 Å². The Kier molecular flexibility index (Phi) is 5.97. The van der Waals surface area contributed by atoms with Crippen LogP contribution in [0.3, 0.4) is 0 Å². The van der Waals surface area contributed by atoms with Gasteiger partial charge in [0.2, 0.25) is 11.8 Å². The van der Waals surface area contributed by atoms with Crippen LogP contribution in [-0.4, -0.2) is 73.8 Å². The molecular formula is C24H24N6O3. The highest BCUT2D eigenvalue weighted by Gasteiger charge is 2.20. The van der Waals surface area contributed by atoms with Crippen molar-refractivity contribution in [3.8, 4) is 22.9 Å². The Hall–Kier alpha value is -3.82. The molecule has 0 radical (unpaired) electrons. The van der Waals surface area contributed by atoms with E-state index in [2.05, 4.69) is 31.1 Å². The molecule has 33 heavy (non-hydrogen) atoms. The molecule has 9 nitrogen and oxygen atoms in total. The number of ether oxygens (including phenoxy) is 1. The number of aliphatic hydroxyl groups is 1. The highest BCUT2D eigenvalue weighted by atomic mass is 16.5. The summed E-state index contributed by atoms with van der Waals surface area (Å²) in [6.45, 7) is 3.18. The number of piperazine rings is 1. The number of aromatic nitrogens is 4. The van der Waals surface area contributed by atoms with Crippen molar-refractivity contribution < 1.29 is 14.6 Å². The van der Waals surface area contributed by atoms with E-state index in [1.807, 2.05) is 42.6 Å². The molecule has 0 saturated carbocycles. The van der Waals surface area contributed by atoms with E-state index >= 15 is 0 Å². The number of hydrogen-bond acceptors (Lipinski definition) is 7. The third-order valence-electron chi connectivity index (χ3n) is 5.75. The number of nitrogens with one attached hydrogen (secondary N) is 1. The average Bonchev–Trinajstić information content (AvgIpc) is 3.40. The van der Waals surface area contributed by atoms with E-state index in [4.69, 9.17) is 9.84 Å². The molecule has 1 aliphatic heterocycles. The average molecular weight is 444 g/mol. The largest absolute Gasteiger partial charge is 0.439 e. The third-order valence-corrected chi connectivity index (χ3v) is 5.75. The zero-order valence-electron chi connectivity index (χ0n) is 18.0. The number of H-pyrrole nitrogens is 1. The first-order valence-electron chi connectivity index (χ1n) is 10.8. The second-order valence-corrected chi connectivity index (χ2v) is 7.97. The fourth-order valence-electron chi connectivity index (χ4n) is 3.95. The number of fused-ring (bicyclic) bond motifs is 1. The van der Waals surface area contributed by atoms with E-state index < -0.39 is 6.61 Å². The van der Waals surface area contributed by atoms with Crippen molar-refractivity contribution in [1.29, 1.82) is 0 Å². The fourth-order valence-corrected chi connectivity index (χ4v) is 3.95. The lowest BCUT2D eigenvalue weighted by Gasteiger charge is -2.34. The lowest BCUT2D eigenvalue weighted by Crippen LogP contribution is -2.49. The highest BCUT2D eigenvalue weighted by Crippen LogP contribution is 2.26. The van der Waals surface area contributed by atoms with E-state index in [0.717, 1.165) is 47.4 Å². The lowest BCUT2D eigenvalue weighted by molar-refractivity contribution is -0.135. The van der Waals surface area contributed by atoms with E-state index in [1.54, 1.807) is 17.3 Å². The number of amides is 1. The van der Waals surface area contributed by atoms with Gasteiger partial charge in [0, 0.05) is 74.4 Å². The van der Waals surface area contributed by atoms with Gasteiger partial charge in [0.05, 0.1) is 11.2 Å². The van der Waals surface area contributed by atoms with Crippen LogP contribution in [-0.2, 0) is 11.3 Å². The molecule has 9 heteroatoms. The Morgan fingerprint density at radius 1 is 1.03 bits per heavy atom. The molecule has 1 saturated heterocycles. The Bertz CT molecular complexity index is 1240. The van der Waals surface area contributed by atoms with Gasteiger partial charge in [0.1, 0.15) is 12.4 Å². The molecule has 1 aromatic carbocycles. The summed E-state index contributed by atoms with van der Waals surface area (Å²) in [6, 6.07) is 13.6. The van der Waals surface area contributed by atoms with Crippen LogP contribution >= 0.6 is 0 Å². The van der Waals surface area contributed by atoms with Crippen LogP contribution in [0.25, 0.3) is 22.2 Å². The molecule has 1 amide bonds. The Balaban J connectivity index is 1.22. The van der Waals surface area contributed by atoms with Crippen molar-refractivity contribution in [2.45, 2.75) is 6.54 Å². The second kappa shape index (κ2) is 9.35. The molecule has 4 aromatic rings. The fraction of sp³-hybridized carbons (Fsp3) is 0.250. The predicted molar refractivity (Wildman–Crippen MR) is 123 cm³/mol. The third kappa shape index (κ3) is 4.84. The highest BCUT2D eigenvalue weighted by molar-refractivity contribution is 5.80. The summed E-state index contributed by atoms with van der Waals surface area (Å²) in [6.07, 6.45) is 5.33. The molecule has 2 N–H and O–H groups in total. The van der Waals surface area contributed by atoms with Gasteiger partial charge in [-0.1, -0.05) is 0 Å². The summed E-state index contributed by atoms with van der Waals surface area (Å²) in [7, 11) is 0. The smallest absolute Gasteiger partial charge is 0.248 e. The molecule has 0 atom stereocenters. The summed E-state index contributed by atoms with van der Waals surface area (Å²) in [5, 5.41) is 16.9. The van der Waals surface area contributed by atoms with Crippen LogP contribution in [0.2, 0.25) is 0 Å². The van der Waals surface area contributed by atoms with Gasteiger partial charge in [-0.3, -0.25) is 19.8 Å². The minimum absolute atomic E-state index is 0.205. The van der Waals surface area contributed by atoms with Crippen LogP contribution in [0.1, 0.15) is 5.56 Å².